The molecule has 2 unspecified atom stereocenters. The van der Waals surface area contributed by atoms with Crippen molar-refractivity contribution in [3.05, 3.63) is 0 Å². The van der Waals surface area contributed by atoms with Crippen molar-refractivity contribution < 1.29 is 14.4 Å². The molecule has 0 amide bonds. The second-order valence-corrected chi connectivity index (χ2v) is 8.47. The number of ether oxygens (including phenoxy) is 1. The summed E-state index contributed by atoms with van der Waals surface area (Å²) in [4.78, 5) is 18.6. The Bertz CT molecular complexity index is 405. The zero-order valence-corrected chi connectivity index (χ0v) is 16.5. The first-order chi connectivity index (χ1) is 10.5. The van der Waals surface area contributed by atoms with Crippen molar-refractivity contribution in [2.75, 3.05) is 6.61 Å². The molecule has 4 heteroatoms. The van der Waals surface area contributed by atoms with E-state index in [1.807, 2.05) is 25.8 Å². The van der Waals surface area contributed by atoms with Crippen molar-refractivity contribution in [1.82, 2.24) is 5.06 Å². The van der Waals surface area contributed by atoms with Gasteiger partial charge < -0.3 is 9.57 Å². The first-order valence-corrected chi connectivity index (χ1v) is 9.16. The van der Waals surface area contributed by atoms with Gasteiger partial charge in [0.1, 0.15) is 0 Å². The molecule has 23 heavy (non-hydrogen) atoms. The standard InChI is InChI=1S/C19H37NO3/c1-9-12-22-15-13-18(6,7)20(19(8,11-3)14-15)23-16(21)17(4,5)10-2/h15H,9-14H2,1-8H3. The van der Waals surface area contributed by atoms with Crippen molar-refractivity contribution in [1.29, 1.82) is 0 Å². The van der Waals surface area contributed by atoms with E-state index in [1.165, 1.54) is 0 Å². The van der Waals surface area contributed by atoms with Crippen LogP contribution in [0.5, 0.6) is 0 Å². The fourth-order valence-electron chi connectivity index (χ4n) is 3.29. The van der Waals surface area contributed by atoms with Gasteiger partial charge in [0, 0.05) is 6.61 Å². The van der Waals surface area contributed by atoms with Crippen LogP contribution in [-0.2, 0) is 14.4 Å². The van der Waals surface area contributed by atoms with Gasteiger partial charge in [0.05, 0.1) is 22.6 Å². The zero-order valence-electron chi connectivity index (χ0n) is 16.5. The highest BCUT2D eigenvalue weighted by Gasteiger charge is 2.50. The number of carbonyl (C=O) groups excluding carboxylic acids is 1. The predicted molar refractivity (Wildman–Crippen MR) is 94.0 cm³/mol. The second kappa shape index (κ2) is 7.52. The van der Waals surface area contributed by atoms with Crippen molar-refractivity contribution in [3.63, 3.8) is 0 Å². The Kier molecular flexibility index (Phi) is 6.68. The van der Waals surface area contributed by atoms with E-state index in [4.69, 9.17) is 9.57 Å². The Morgan fingerprint density at radius 1 is 1.17 bits per heavy atom. The first kappa shape index (κ1) is 20.4. The number of piperidine rings is 1. The van der Waals surface area contributed by atoms with E-state index >= 15 is 0 Å². The molecule has 0 aliphatic carbocycles. The molecule has 136 valence electrons. The van der Waals surface area contributed by atoms with Gasteiger partial charge in [0.25, 0.3) is 0 Å². The summed E-state index contributed by atoms with van der Waals surface area (Å²) in [5, 5.41) is 1.96. The van der Waals surface area contributed by atoms with Crippen LogP contribution in [0.15, 0.2) is 0 Å². The third-order valence-electron chi connectivity index (χ3n) is 5.36. The molecule has 0 spiro atoms. The monoisotopic (exact) mass is 327 g/mol. The van der Waals surface area contributed by atoms with Gasteiger partial charge >= 0.3 is 5.97 Å². The van der Waals surface area contributed by atoms with Crippen LogP contribution < -0.4 is 0 Å². The lowest BCUT2D eigenvalue weighted by molar-refractivity contribution is -0.288. The Balaban J connectivity index is 2.98. The van der Waals surface area contributed by atoms with Crippen molar-refractivity contribution in [2.45, 2.75) is 105 Å². The average molecular weight is 328 g/mol. The van der Waals surface area contributed by atoms with E-state index in [-0.39, 0.29) is 23.2 Å². The fourth-order valence-corrected chi connectivity index (χ4v) is 3.29. The molecule has 2 atom stereocenters. The number of hydrogen-bond donors (Lipinski definition) is 0. The van der Waals surface area contributed by atoms with Gasteiger partial charge in [-0.25, -0.2) is 4.79 Å². The summed E-state index contributed by atoms with van der Waals surface area (Å²) in [6.07, 6.45) is 4.72. The molecule has 4 nitrogen and oxygen atoms in total. The predicted octanol–water partition coefficient (Wildman–Crippen LogP) is 4.72. The molecule has 1 rings (SSSR count). The summed E-state index contributed by atoms with van der Waals surface area (Å²) in [5.41, 5.74) is -0.888. The Morgan fingerprint density at radius 3 is 2.26 bits per heavy atom. The van der Waals surface area contributed by atoms with Crippen molar-refractivity contribution in [2.24, 2.45) is 5.41 Å². The number of hydrogen-bond acceptors (Lipinski definition) is 4. The van der Waals surface area contributed by atoms with Crippen LogP contribution in [0.3, 0.4) is 0 Å². The summed E-state index contributed by atoms with van der Waals surface area (Å²) >= 11 is 0. The zero-order chi connectivity index (χ0) is 17.9. The summed E-state index contributed by atoms with van der Waals surface area (Å²) in [7, 11) is 0. The van der Waals surface area contributed by atoms with Crippen LogP contribution in [0, 0.1) is 5.41 Å². The Hall–Kier alpha value is -0.610. The van der Waals surface area contributed by atoms with Gasteiger partial charge in [-0.05, 0) is 66.7 Å². The van der Waals surface area contributed by atoms with E-state index in [9.17, 15) is 4.79 Å². The molecule has 0 aromatic carbocycles. The van der Waals surface area contributed by atoms with E-state index in [1.54, 1.807) is 0 Å². The molecule has 0 saturated carbocycles. The minimum absolute atomic E-state index is 0.138. The van der Waals surface area contributed by atoms with Crippen LogP contribution in [-0.4, -0.2) is 34.8 Å². The maximum absolute atomic E-state index is 12.6. The largest absolute Gasteiger partial charge is 0.378 e. The SMILES string of the molecule is CCCOC1CC(C)(C)N(OC(=O)C(C)(C)CC)C(C)(CC)C1. The number of nitrogens with zero attached hydrogens (tertiary/aromatic N) is 1. The Labute approximate surface area is 142 Å². The molecule has 0 aromatic heterocycles. The molecule has 1 fully saturated rings. The summed E-state index contributed by atoms with van der Waals surface area (Å²) in [6.45, 7) is 17.5. The normalized spacial score (nSPS) is 28.6. The van der Waals surface area contributed by atoms with E-state index in [2.05, 4.69) is 34.6 Å². The van der Waals surface area contributed by atoms with Crippen LogP contribution in [0.2, 0.25) is 0 Å². The molecular weight excluding hydrogens is 290 g/mol. The summed E-state index contributed by atoms with van der Waals surface area (Å²) in [5.74, 6) is -0.138. The quantitative estimate of drug-likeness (QED) is 0.678. The smallest absolute Gasteiger partial charge is 0.330 e. The molecule has 1 aliphatic heterocycles. The maximum atomic E-state index is 12.6. The van der Waals surface area contributed by atoms with Gasteiger partial charge in [-0.1, -0.05) is 20.8 Å². The van der Waals surface area contributed by atoms with E-state index in [0.717, 1.165) is 38.7 Å². The van der Waals surface area contributed by atoms with Crippen LogP contribution >= 0.6 is 0 Å². The molecule has 1 saturated heterocycles. The number of hydroxylamine groups is 2. The van der Waals surface area contributed by atoms with Crippen LogP contribution in [0.1, 0.15) is 87.5 Å². The summed E-state index contributed by atoms with van der Waals surface area (Å²) < 4.78 is 6.04. The van der Waals surface area contributed by atoms with Gasteiger partial charge in [0.15, 0.2) is 0 Å². The minimum Gasteiger partial charge on any atom is -0.378 e. The van der Waals surface area contributed by atoms with E-state index in [0.29, 0.717) is 0 Å². The van der Waals surface area contributed by atoms with Gasteiger partial charge in [0.2, 0.25) is 0 Å². The summed E-state index contributed by atoms with van der Waals surface area (Å²) in [6, 6.07) is 0. The number of rotatable bonds is 7. The van der Waals surface area contributed by atoms with Crippen LogP contribution in [0.4, 0.5) is 0 Å². The lowest BCUT2D eigenvalue weighted by Gasteiger charge is -2.54. The topological polar surface area (TPSA) is 38.8 Å². The lowest BCUT2D eigenvalue weighted by atomic mass is 9.77. The maximum Gasteiger partial charge on any atom is 0.330 e. The molecule has 1 heterocycles. The van der Waals surface area contributed by atoms with Gasteiger partial charge in [-0.15, -0.1) is 5.06 Å². The van der Waals surface area contributed by atoms with Crippen molar-refractivity contribution >= 4 is 5.97 Å². The lowest BCUT2D eigenvalue weighted by Crippen LogP contribution is -2.64. The molecular formula is C19H37NO3. The second-order valence-electron chi connectivity index (χ2n) is 8.47. The Morgan fingerprint density at radius 2 is 1.78 bits per heavy atom. The molecule has 0 bridgehead atoms. The molecule has 0 N–H and O–H groups in total. The third kappa shape index (κ3) is 4.69. The third-order valence-corrected chi connectivity index (χ3v) is 5.36. The molecule has 0 radical (unpaired) electrons. The van der Waals surface area contributed by atoms with E-state index < -0.39 is 5.41 Å². The highest BCUT2D eigenvalue weighted by atomic mass is 16.7. The molecule has 0 aromatic rings. The first-order valence-electron chi connectivity index (χ1n) is 9.16. The van der Waals surface area contributed by atoms with Crippen LogP contribution in [0.25, 0.3) is 0 Å². The highest BCUT2D eigenvalue weighted by molar-refractivity contribution is 5.75. The van der Waals surface area contributed by atoms with Gasteiger partial charge in [-0.2, -0.15) is 0 Å². The van der Waals surface area contributed by atoms with Gasteiger partial charge in [-0.3, -0.25) is 0 Å². The fraction of sp³-hybridized carbons (Fsp3) is 0.947. The average Bonchev–Trinajstić information content (AvgIpc) is 2.48. The minimum atomic E-state index is -0.458. The number of carbonyl (C=O) groups is 1. The van der Waals surface area contributed by atoms with Crippen molar-refractivity contribution in [3.8, 4) is 0 Å². The molecule has 1 aliphatic rings. The highest BCUT2D eigenvalue weighted by Crippen LogP contribution is 2.42.